The Morgan fingerprint density at radius 3 is 2.27 bits per heavy atom. The van der Waals surface area contributed by atoms with Crippen LogP contribution in [0.25, 0.3) is 0 Å². The van der Waals surface area contributed by atoms with E-state index in [1.54, 1.807) is 52.3 Å². The third-order valence-electron chi connectivity index (χ3n) is 3.63. The average Bonchev–Trinajstić information content (AvgIpc) is 2.51. The second kappa shape index (κ2) is 8.43. The Kier molecular flexibility index (Phi) is 7.66. The van der Waals surface area contributed by atoms with Gasteiger partial charge >= 0.3 is 8.56 Å². The Morgan fingerprint density at radius 2 is 1.77 bits per heavy atom. The molecule has 128 valence electrons. The molecule has 0 unspecified atom stereocenters. The Morgan fingerprint density at radius 1 is 1.23 bits per heavy atom. The summed E-state index contributed by atoms with van der Waals surface area (Å²) >= 11 is 0. The summed E-state index contributed by atoms with van der Waals surface area (Å²) in [6, 6.07) is 10.7. The molecule has 1 rings (SSSR count). The third kappa shape index (κ3) is 5.41. The van der Waals surface area contributed by atoms with E-state index in [0.29, 0.717) is 12.2 Å². The van der Waals surface area contributed by atoms with Gasteiger partial charge in [0.1, 0.15) is 5.60 Å². The molecule has 0 heterocycles. The molecule has 6 heteroatoms. The van der Waals surface area contributed by atoms with E-state index in [0.717, 1.165) is 12.5 Å². The SMILES string of the molecule is CO[Si](C)(CCCOC(C)(C)C(=O)c1cc[c-]cc1)OC.[Cf]. The largest absolute Gasteiger partial charge is 0.398 e. The van der Waals surface area contributed by atoms with Crippen LogP contribution in [0.4, 0.5) is 0 Å². The van der Waals surface area contributed by atoms with Crippen molar-refractivity contribution in [2.45, 2.75) is 38.5 Å². The summed E-state index contributed by atoms with van der Waals surface area (Å²) in [7, 11) is 1.30. The maximum atomic E-state index is 12.4. The summed E-state index contributed by atoms with van der Waals surface area (Å²) < 4.78 is 16.6. The van der Waals surface area contributed by atoms with Gasteiger partial charge in [-0.25, -0.2) is 0 Å². The van der Waals surface area contributed by atoms with Gasteiger partial charge in [-0.1, -0.05) is 5.56 Å². The maximum absolute atomic E-state index is 12.4. The molecule has 1 aromatic carbocycles. The van der Waals surface area contributed by atoms with E-state index in [2.05, 4.69) is 6.07 Å². The van der Waals surface area contributed by atoms with Crippen LogP contribution in [0.15, 0.2) is 24.3 Å². The molecule has 0 spiro atoms. The van der Waals surface area contributed by atoms with Gasteiger partial charge in [-0.3, -0.25) is 4.79 Å². The molecule has 0 saturated carbocycles. The number of ketones is 1. The number of Topliss-reactive ketones (excluding diaryl/α,β-unsaturated/α-hetero) is 1. The summed E-state index contributed by atoms with van der Waals surface area (Å²) in [6.45, 7) is 6.13. The molecular weight excluding hydrogens is 535 g/mol. The van der Waals surface area contributed by atoms with Crippen LogP contribution in [0.5, 0.6) is 0 Å². The number of hydrogen-bond donors (Lipinski definition) is 0. The zero-order valence-corrected chi connectivity index (χ0v) is 17.5. The monoisotopic (exact) mass is 558 g/mol. The van der Waals surface area contributed by atoms with Crippen LogP contribution in [0.3, 0.4) is 0 Å². The predicted molar refractivity (Wildman–Crippen MR) is 84.7 cm³/mol. The summed E-state index contributed by atoms with van der Waals surface area (Å²) in [5, 5.41) is 0. The van der Waals surface area contributed by atoms with Gasteiger partial charge in [0.15, 0.2) is 5.78 Å². The van der Waals surface area contributed by atoms with Crippen molar-refractivity contribution in [2.24, 2.45) is 0 Å². The number of benzene rings is 1. The summed E-state index contributed by atoms with van der Waals surface area (Å²) in [4.78, 5) is 12.4. The molecule has 0 aliphatic rings. The van der Waals surface area contributed by atoms with E-state index in [9.17, 15) is 4.79 Å². The molecule has 0 bridgehead atoms. The second-order valence-corrected chi connectivity index (χ2v) is 9.21. The first-order valence-electron chi connectivity index (χ1n) is 7.10. The molecule has 0 N–H and O–H groups in total. The Bertz CT molecular complexity index is 447. The molecule has 0 amide bonds. The van der Waals surface area contributed by atoms with Crippen LogP contribution in [0.2, 0.25) is 12.6 Å². The fraction of sp³-hybridized carbons (Fsp3) is 0.562. The van der Waals surface area contributed by atoms with Crippen LogP contribution in [-0.4, -0.2) is 40.8 Å². The van der Waals surface area contributed by atoms with Crippen molar-refractivity contribution in [3.63, 3.8) is 0 Å². The van der Waals surface area contributed by atoms with E-state index >= 15 is 0 Å². The Balaban J connectivity index is 0.00000441. The van der Waals surface area contributed by atoms with Crippen molar-refractivity contribution in [2.75, 3.05) is 20.8 Å². The van der Waals surface area contributed by atoms with E-state index < -0.39 is 14.2 Å². The normalized spacial score (nSPS) is 11.9. The summed E-state index contributed by atoms with van der Waals surface area (Å²) in [6.07, 6.45) is 0.809. The topological polar surface area (TPSA) is 44.8 Å². The third-order valence-corrected chi connectivity index (χ3v) is 6.62. The first kappa shape index (κ1) is 20.0. The number of carbonyl (C=O) groups excluding carboxylic acids is 1. The van der Waals surface area contributed by atoms with Crippen LogP contribution < -0.4 is 0 Å². The molecule has 0 atom stereocenters. The van der Waals surface area contributed by atoms with Gasteiger partial charge in [-0.2, -0.15) is 30.3 Å². The van der Waals surface area contributed by atoms with Gasteiger partial charge in [-0.15, -0.1) is 0 Å². The fourth-order valence-corrected chi connectivity index (χ4v) is 3.32. The van der Waals surface area contributed by atoms with Gasteiger partial charge in [0.25, 0.3) is 0 Å². The summed E-state index contributed by atoms with van der Waals surface area (Å²) in [5.74, 6) is -0.0185. The van der Waals surface area contributed by atoms with Crippen LogP contribution in [0, 0.1) is 6.07 Å². The standard InChI is InChI=1S/C16H25O4Si.Cf/c1-16(2,15(17)14-10-7-6-8-11-14)20-12-9-13-21(5,18-3)19-4;/h7-8,10-11H,9,12-13H2,1-5H3;/q-1;. The van der Waals surface area contributed by atoms with Crippen molar-refractivity contribution in [3.05, 3.63) is 35.9 Å². The maximum Gasteiger partial charge on any atom is 0.334 e. The van der Waals surface area contributed by atoms with Gasteiger partial charge in [-0.05, 0) is 32.9 Å². The van der Waals surface area contributed by atoms with Crippen LogP contribution in [0.1, 0.15) is 30.6 Å². The van der Waals surface area contributed by atoms with Gasteiger partial charge in [0, 0.05) is 20.8 Å². The van der Waals surface area contributed by atoms with E-state index in [1.165, 1.54) is 0 Å². The smallest absolute Gasteiger partial charge is 0.334 e. The number of rotatable bonds is 9. The molecule has 22 heavy (non-hydrogen) atoms. The second-order valence-electron chi connectivity index (χ2n) is 5.62. The molecule has 4 nitrogen and oxygen atoms in total. The first-order valence-corrected chi connectivity index (χ1v) is 9.62. The van der Waals surface area contributed by atoms with E-state index in [1.807, 2.05) is 6.55 Å². The number of hydrogen-bond acceptors (Lipinski definition) is 4. The van der Waals surface area contributed by atoms with Crippen molar-refractivity contribution in [3.8, 4) is 0 Å². The van der Waals surface area contributed by atoms with Crippen LogP contribution >= 0.6 is 0 Å². The average molecular weight is 560 g/mol. The summed E-state index contributed by atoms with van der Waals surface area (Å²) in [5.41, 5.74) is -0.189. The molecule has 0 aliphatic heterocycles. The van der Waals surface area contributed by atoms with Crippen molar-refractivity contribution in [1.29, 1.82) is 0 Å². The predicted octanol–water partition coefficient (Wildman–Crippen LogP) is 3.22. The minimum absolute atomic E-state index is 0. The number of carbonyl (C=O) groups is 1. The minimum Gasteiger partial charge on any atom is -0.398 e. The zero-order chi connectivity index (χ0) is 15.9. The molecule has 0 aromatic heterocycles. The van der Waals surface area contributed by atoms with Crippen molar-refractivity contribution in [1.82, 2.24) is 0 Å². The van der Waals surface area contributed by atoms with E-state index in [4.69, 9.17) is 13.6 Å². The molecule has 1 aromatic rings. The molecule has 0 radical (unpaired) electrons. The number of ether oxygens (including phenoxy) is 1. The molecule has 0 aliphatic carbocycles. The molecular formula is C16H25CfO4Si-. The zero-order valence-electron chi connectivity index (χ0n) is 13.9. The van der Waals surface area contributed by atoms with Crippen molar-refractivity contribution < 1.29 is 18.4 Å². The quantitative estimate of drug-likeness (QED) is 0.202. The van der Waals surface area contributed by atoms with Gasteiger partial charge in [0.05, 0.1) is 0 Å². The van der Waals surface area contributed by atoms with E-state index in [-0.39, 0.29) is 5.78 Å². The molecule has 0 fully saturated rings. The van der Waals surface area contributed by atoms with Gasteiger partial charge < -0.3 is 13.6 Å². The Labute approximate surface area is 128 Å². The fourth-order valence-electron chi connectivity index (χ4n) is 1.96. The van der Waals surface area contributed by atoms with Gasteiger partial charge in [0.2, 0.25) is 0 Å². The minimum atomic E-state index is -2.05. The first-order chi connectivity index (χ1) is 9.84. The Hall–Kier alpha value is -2.01. The molecule has 0 saturated heterocycles. The van der Waals surface area contributed by atoms with Crippen LogP contribution in [-0.2, 0) is 13.6 Å². The van der Waals surface area contributed by atoms with Crippen molar-refractivity contribution >= 4 is 14.3 Å².